The Bertz CT molecular complexity index is 928. The Morgan fingerprint density at radius 1 is 1.25 bits per heavy atom. The number of halogens is 1. The van der Waals surface area contributed by atoms with Gasteiger partial charge in [0.2, 0.25) is 0 Å². The van der Waals surface area contributed by atoms with E-state index in [1.54, 1.807) is 6.07 Å². The molecule has 1 N–H and O–H groups in total. The number of carbonyl (C=O) groups excluding carboxylic acids is 2. The van der Waals surface area contributed by atoms with Crippen LogP contribution in [0.3, 0.4) is 0 Å². The fraction of sp³-hybridized carbons (Fsp3) is 0.158. The van der Waals surface area contributed by atoms with Crippen molar-refractivity contribution in [2.45, 2.75) is 13.0 Å². The third-order valence-corrected chi connectivity index (χ3v) is 3.58. The van der Waals surface area contributed by atoms with Crippen molar-refractivity contribution in [1.29, 1.82) is 0 Å². The second-order valence-corrected chi connectivity index (χ2v) is 5.60. The summed E-state index contributed by atoms with van der Waals surface area (Å²) >= 11 is 0. The van der Waals surface area contributed by atoms with Gasteiger partial charge in [0.05, 0.1) is 18.1 Å². The number of nitrogens with zero attached hydrogens (tertiary/aromatic N) is 1. The van der Waals surface area contributed by atoms with Crippen molar-refractivity contribution in [1.82, 2.24) is 0 Å². The summed E-state index contributed by atoms with van der Waals surface area (Å²) in [6.45, 7) is 1.32. The Labute approximate surface area is 159 Å². The summed E-state index contributed by atoms with van der Waals surface area (Å²) in [6, 6.07) is 9.48. The van der Waals surface area contributed by atoms with Gasteiger partial charge in [-0.25, -0.2) is 9.18 Å². The topological polar surface area (TPSA) is 108 Å². The second-order valence-electron chi connectivity index (χ2n) is 5.60. The summed E-state index contributed by atoms with van der Waals surface area (Å²) in [5.74, 6) is -1.77. The molecule has 2 aromatic rings. The van der Waals surface area contributed by atoms with E-state index < -0.39 is 28.7 Å². The number of ether oxygens (including phenoxy) is 2. The molecule has 0 aliphatic rings. The Hall–Kier alpha value is -3.75. The molecule has 1 amide bonds. The smallest absolute Gasteiger partial charge is 0.331 e. The highest BCUT2D eigenvalue weighted by Gasteiger charge is 2.22. The predicted octanol–water partition coefficient (Wildman–Crippen LogP) is 3.33. The molecule has 2 aromatic carbocycles. The van der Waals surface area contributed by atoms with Gasteiger partial charge in [-0.2, -0.15) is 0 Å². The van der Waals surface area contributed by atoms with Crippen molar-refractivity contribution < 1.29 is 28.4 Å². The standard InChI is InChI=1S/C19H17FN2O6/c1-12(28-18(23)9-6-13-4-3-5-14(20)10-13)19(24)21-16-8-7-15(27-2)11-17(16)22(25)26/h3-12H,1-2H3,(H,21,24)/b9-6+. The molecule has 8 nitrogen and oxygen atoms in total. The highest BCUT2D eigenvalue weighted by Crippen LogP contribution is 2.29. The van der Waals surface area contributed by atoms with E-state index in [2.05, 4.69) is 5.32 Å². The fourth-order valence-electron chi connectivity index (χ4n) is 2.17. The van der Waals surface area contributed by atoms with Crippen molar-refractivity contribution in [2.24, 2.45) is 0 Å². The van der Waals surface area contributed by atoms with Gasteiger partial charge in [-0.1, -0.05) is 12.1 Å². The van der Waals surface area contributed by atoms with Crippen molar-refractivity contribution in [2.75, 3.05) is 12.4 Å². The van der Waals surface area contributed by atoms with Crippen LogP contribution in [0.5, 0.6) is 5.75 Å². The molecule has 0 bridgehead atoms. The van der Waals surface area contributed by atoms with Crippen LogP contribution in [0.2, 0.25) is 0 Å². The van der Waals surface area contributed by atoms with E-state index in [-0.39, 0.29) is 17.1 Å². The van der Waals surface area contributed by atoms with Crippen LogP contribution in [0, 0.1) is 15.9 Å². The molecule has 28 heavy (non-hydrogen) atoms. The van der Waals surface area contributed by atoms with Gasteiger partial charge >= 0.3 is 5.97 Å². The minimum absolute atomic E-state index is 0.0611. The third kappa shape index (κ3) is 5.63. The van der Waals surface area contributed by atoms with E-state index in [4.69, 9.17) is 9.47 Å². The number of benzene rings is 2. The first-order valence-electron chi connectivity index (χ1n) is 8.07. The number of nitro groups is 1. The number of carbonyl (C=O) groups is 2. The first-order valence-corrected chi connectivity index (χ1v) is 8.07. The lowest BCUT2D eigenvalue weighted by Gasteiger charge is -2.13. The van der Waals surface area contributed by atoms with Gasteiger partial charge in [0.15, 0.2) is 6.10 Å². The van der Waals surface area contributed by atoms with Crippen LogP contribution in [-0.2, 0) is 14.3 Å². The zero-order valence-electron chi connectivity index (χ0n) is 15.0. The Morgan fingerprint density at radius 3 is 2.64 bits per heavy atom. The first-order chi connectivity index (χ1) is 13.3. The summed E-state index contributed by atoms with van der Waals surface area (Å²) in [7, 11) is 1.36. The minimum atomic E-state index is -1.22. The van der Waals surface area contributed by atoms with Crippen molar-refractivity contribution in [3.05, 3.63) is 70.0 Å². The molecule has 0 aliphatic carbocycles. The fourth-order valence-corrected chi connectivity index (χ4v) is 2.17. The van der Waals surface area contributed by atoms with Gasteiger partial charge in [0.25, 0.3) is 11.6 Å². The van der Waals surface area contributed by atoms with Crippen molar-refractivity contribution in [3.63, 3.8) is 0 Å². The number of nitro benzene ring substituents is 1. The molecule has 1 atom stereocenters. The number of nitrogens with one attached hydrogen (secondary N) is 1. The molecule has 0 fully saturated rings. The molecule has 146 valence electrons. The number of anilines is 1. The minimum Gasteiger partial charge on any atom is -0.496 e. The highest BCUT2D eigenvalue weighted by molar-refractivity contribution is 5.98. The maximum atomic E-state index is 13.1. The lowest BCUT2D eigenvalue weighted by molar-refractivity contribution is -0.384. The maximum Gasteiger partial charge on any atom is 0.331 e. The van der Waals surface area contributed by atoms with Crippen LogP contribution in [0.4, 0.5) is 15.8 Å². The number of methoxy groups -OCH3 is 1. The highest BCUT2D eigenvalue weighted by atomic mass is 19.1. The van der Waals surface area contributed by atoms with E-state index in [0.29, 0.717) is 5.56 Å². The summed E-state index contributed by atoms with van der Waals surface area (Å²) in [4.78, 5) is 34.5. The summed E-state index contributed by atoms with van der Waals surface area (Å²) < 4.78 is 23.0. The van der Waals surface area contributed by atoms with E-state index in [0.717, 1.165) is 12.1 Å². The van der Waals surface area contributed by atoms with E-state index in [1.165, 1.54) is 50.4 Å². The Balaban J connectivity index is 2.01. The molecule has 1 unspecified atom stereocenters. The van der Waals surface area contributed by atoms with Gasteiger partial charge in [-0.15, -0.1) is 0 Å². The van der Waals surface area contributed by atoms with E-state index in [9.17, 15) is 24.1 Å². The molecule has 0 aromatic heterocycles. The molecular formula is C19H17FN2O6. The van der Waals surface area contributed by atoms with Gasteiger partial charge in [-0.3, -0.25) is 14.9 Å². The zero-order valence-corrected chi connectivity index (χ0v) is 15.0. The van der Waals surface area contributed by atoms with Crippen LogP contribution >= 0.6 is 0 Å². The normalized spacial score (nSPS) is 11.7. The number of rotatable bonds is 7. The summed E-state index contributed by atoms with van der Waals surface area (Å²) in [5.41, 5.74) is 0.0224. The molecule has 0 spiro atoms. The molecule has 9 heteroatoms. The average Bonchev–Trinajstić information content (AvgIpc) is 2.66. The molecule has 0 saturated heterocycles. The number of amides is 1. The summed E-state index contributed by atoms with van der Waals surface area (Å²) in [6.07, 6.45) is 1.17. The van der Waals surface area contributed by atoms with Gasteiger partial charge < -0.3 is 14.8 Å². The predicted molar refractivity (Wildman–Crippen MR) is 99.3 cm³/mol. The monoisotopic (exact) mass is 388 g/mol. The average molecular weight is 388 g/mol. The van der Waals surface area contributed by atoms with E-state index in [1.807, 2.05) is 0 Å². The second kappa shape index (κ2) is 9.26. The quantitative estimate of drug-likeness (QED) is 0.337. The largest absolute Gasteiger partial charge is 0.496 e. The van der Waals surface area contributed by atoms with Gasteiger partial charge in [-0.05, 0) is 42.8 Å². The molecule has 0 heterocycles. The van der Waals surface area contributed by atoms with Crippen LogP contribution in [0.25, 0.3) is 6.08 Å². The van der Waals surface area contributed by atoms with Gasteiger partial charge in [0, 0.05) is 6.08 Å². The Kier molecular flexibility index (Phi) is 6.80. The van der Waals surface area contributed by atoms with Crippen LogP contribution in [-0.4, -0.2) is 30.0 Å². The van der Waals surface area contributed by atoms with Crippen LogP contribution in [0.15, 0.2) is 48.5 Å². The van der Waals surface area contributed by atoms with E-state index >= 15 is 0 Å². The third-order valence-electron chi connectivity index (χ3n) is 3.58. The molecule has 0 radical (unpaired) electrons. The molecular weight excluding hydrogens is 371 g/mol. The zero-order chi connectivity index (χ0) is 20.7. The van der Waals surface area contributed by atoms with Crippen LogP contribution in [0.1, 0.15) is 12.5 Å². The lowest BCUT2D eigenvalue weighted by atomic mass is 10.2. The van der Waals surface area contributed by atoms with Crippen molar-refractivity contribution >= 4 is 29.3 Å². The SMILES string of the molecule is COc1ccc(NC(=O)C(C)OC(=O)/C=C/c2cccc(F)c2)c([N+](=O)[O-])c1. The first kappa shape index (κ1) is 20.6. The number of hydrogen-bond acceptors (Lipinski definition) is 6. The summed E-state index contributed by atoms with van der Waals surface area (Å²) in [5, 5.41) is 13.5. The van der Waals surface area contributed by atoms with Crippen LogP contribution < -0.4 is 10.1 Å². The number of esters is 1. The lowest BCUT2D eigenvalue weighted by Crippen LogP contribution is -2.29. The molecule has 0 aliphatic heterocycles. The maximum absolute atomic E-state index is 13.1. The number of hydrogen-bond donors (Lipinski definition) is 1. The van der Waals surface area contributed by atoms with Gasteiger partial charge in [0.1, 0.15) is 17.3 Å². The molecule has 0 saturated carbocycles. The van der Waals surface area contributed by atoms with Crippen molar-refractivity contribution in [3.8, 4) is 5.75 Å². The molecule has 2 rings (SSSR count). The Morgan fingerprint density at radius 2 is 2.00 bits per heavy atom.